The SMILES string of the molecule is O=C(C1=C(O)c2c(ccc3ccccc23)OC1)C(F)(F)F. The monoisotopic (exact) mass is 294 g/mol. The molecule has 0 bridgehead atoms. The van der Waals surface area contributed by atoms with Crippen LogP contribution in [-0.4, -0.2) is 23.7 Å². The number of carbonyl (C=O) groups excluding carboxylic acids is 1. The van der Waals surface area contributed by atoms with Gasteiger partial charge in [0.25, 0.3) is 5.78 Å². The summed E-state index contributed by atoms with van der Waals surface area (Å²) >= 11 is 0. The van der Waals surface area contributed by atoms with Crippen LogP contribution in [0.3, 0.4) is 0 Å². The van der Waals surface area contributed by atoms with Crippen molar-refractivity contribution >= 4 is 22.3 Å². The van der Waals surface area contributed by atoms with Gasteiger partial charge in [0, 0.05) is 0 Å². The molecule has 0 spiro atoms. The van der Waals surface area contributed by atoms with Gasteiger partial charge in [0.05, 0.1) is 11.1 Å². The number of ether oxygens (including phenoxy) is 1. The Labute approximate surface area is 117 Å². The van der Waals surface area contributed by atoms with Crippen LogP contribution in [0.5, 0.6) is 5.75 Å². The lowest BCUT2D eigenvalue weighted by Crippen LogP contribution is -2.29. The van der Waals surface area contributed by atoms with Crippen LogP contribution < -0.4 is 4.74 Å². The van der Waals surface area contributed by atoms with Gasteiger partial charge in [0.15, 0.2) is 0 Å². The Kier molecular flexibility index (Phi) is 2.90. The van der Waals surface area contributed by atoms with E-state index in [-0.39, 0.29) is 11.3 Å². The highest BCUT2D eigenvalue weighted by Gasteiger charge is 2.43. The molecule has 0 radical (unpaired) electrons. The van der Waals surface area contributed by atoms with Crippen molar-refractivity contribution in [2.75, 3.05) is 6.61 Å². The molecule has 2 aromatic rings. The van der Waals surface area contributed by atoms with Gasteiger partial charge >= 0.3 is 6.18 Å². The highest BCUT2D eigenvalue weighted by Crippen LogP contribution is 2.38. The molecule has 0 amide bonds. The molecule has 1 aliphatic rings. The molecule has 0 saturated heterocycles. The van der Waals surface area contributed by atoms with Crippen molar-refractivity contribution < 1.29 is 27.8 Å². The largest absolute Gasteiger partial charge is 0.507 e. The van der Waals surface area contributed by atoms with Crippen LogP contribution in [0.25, 0.3) is 16.5 Å². The van der Waals surface area contributed by atoms with Crippen molar-refractivity contribution in [1.29, 1.82) is 0 Å². The standard InChI is InChI=1S/C15H9F3O3/c16-15(17,18)14(20)10-7-21-11-6-5-8-3-1-2-4-9(8)12(11)13(10)19/h1-6,19H,7H2. The first-order chi connectivity index (χ1) is 9.89. The lowest BCUT2D eigenvalue weighted by Gasteiger charge is -2.22. The summed E-state index contributed by atoms with van der Waals surface area (Å²) in [6.45, 7) is -0.602. The van der Waals surface area contributed by atoms with Crippen LogP contribution in [-0.2, 0) is 4.79 Å². The zero-order chi connectivity index (χ0) is 15.2. The smallest absolute Gasteiger partial charge is 0.454 e. The molecule has 3 nitrogen and oxygen atoms in total. The molecule has 0 aromatic heterocycles. The van der Waals surface area contributed by atoms with Crippen LogP contribution in [0, 0.1) is 0 Å². The van der Waals surface area contributed by atoms with Crippen LogP contribution in [0.15, 0.2) is 42.0 Å². The average molecular weight is 294 g/mol. The molecule has 0 fully saturated rings. The summed E-state index contributed by atoms with van der Waals surface area (Å²) in [4.78, 5) is 11.4. The number of Topliss-reactive ketones (excluding diaryl/α,β-unsaturated/α-hetero) is 1. The minimum atomic E-state index is -5.05. The molecule has 108 valence electrons. The number of aliphatic hydroxyl groups is 1. The number of ketones is 1. The van der Waals surface area contributed by atoms with E-state index in [1.807, 2.05) is 0 Å². The van der Waals surface area contributed by atoms with Gasteiger partial charge in [0.2, 0.25) is 0 Å². The molecule has 21 heavy (non-hydrogen) atoms. The topological polar surface area (TPSA) is 46.5 Å². The Morgan fingerprint density at radius 2 is 1.86 bits per heavy atom. The van der Waals surface area contributed by atoms with E-state index in [1.54, 1.807) is 36.4 Å². The number of hydrogen-bond acceptors (Lipinski definition) is 3. The summed E-state index contributed by atoms with van der Waals surface area (Å²) in [5.41, 5.74) is -0.654. The van der Waals surface area contributed by atoms with Crippen LogP contribution in [0.2, 0.25) is 0 Å². The Bertz CT molecular complexity index is 775. The third kappa shape index (κ3) is 2.12. The van der Waals surface area contributed by atoms with Crippen molar-refractivity contribution in [3.8, 4) is 5.75 Å². The van der Waals surface area contributed by atoms with Crippen molar-refractivity contribution in [1.82, 2.24) is 0 Å². The second kappa shape index (κ2) is 4.51. The maximum absolute atomic E-state index is 12.5. The molecule has 0 aliphatic carbocycles. The van der Waals surface area contributed by atoms with E-state index in [9.17, 15) is 23.1 Å². The van der Waals surface area contributed by atoms with Gasteiger partial charge in [-0.1, -0.05) is 30.3 Å². The molecule has 1 aliphatic heterocycles. The zero-order valence-electron chi connectivity index (χ0n) is 10.6. The van der Waals surface area contributed by atoms with Crippen LogP contribution >= 0.6 is 0 Å². The summed E-state index contributed by atoms with van der Waals surface area (Å²) in [6.07, 6.45) is -5.05. The number of benzene rings is 2. The lowest BCUT2D eigenvalue weighted by atomic mass is 9.96. The number of hydrogen-bond donors (Lipinski definition) is 1. The first kappa shape index (κ1) is 13.5. The van der Waals surface area contributed by atoms with Crippen molar-refractivity contribution in [2.45, 2.75) is 6.18 Å². The second-order valence-corrected chi connectivity index (χ2v) is 4.60. The fraction of sp³-hybridized carbons (Fsp3) is 0.133. The van der Waals surface area contributed by atoms with E-state index < -0.39 is 29.9 Å². The Morgan fingerprint density at radius 1 is 1.14 bits per heavy atom. The van der Waals surface area contributed by atoms with Gasteiger partial charge in [-0.05, 0) is 16.8 Å². The minimum Gasteiger partial charge on any atom is -0.507 e. The summed E-state index contributed by atoms with van der Waals surface area (Å²) in [5.74, 6) is -2.50. The third-order valence-corrected chi connectivity index (χ3v) is 3.32. The van der Waals surface area contributed by atoms with E-state index >= 15 is 0 Å². The number of fused-ring (bicyclic) bond motifs is 3. The van der Waals surface area contributed by atoms with Gasteiger partial charge in [-0.2, -0.15) is 13.2 Å². The highest BCUT2D eigenvalue weighted by molar-refractivity contribution is 6.08. The van der Waals surface area contributed by atoms with Gasteiger partial charge in [-0.3, -0.25) is 4.79 Å². The van der Waals surface area contributed by atoms with E-state index in [1.165, 1.54) is 0 Å². The first-order valence-electron chi connectivity index (χ1n) is 6.08. The predicted octanol–water partition coefficient (Wildman–Crippen LogP) is 3.63. The number of alkyl halides is 3. The van der Waals surface area contributed by atoms with E-state index in [2.05, 4.69) is 0 Å². The number of rotatable bonds is 1. The van der Waals surface area contributed by atoms with E-state index in [0.29, 0.717) is 5.39 Å². The van der Waals surface area contributed by atoms with E-state index in [0.717, 1.165) is 5.39 Å². The average Bonchev–Trinajstić information content (AvgIpc) is 2.45. The maximum Gasteiger partial charge on any atom is 0.454 e. The Balaban J connectivity index is 2.25. The van der Waals surface area contributed by atoms with Crippen LogP contribution in [0.1, 0.15) is 5.56 Å². The predicted molar refractivity (Wildman–Crippen MR) is 70.1 cm³/mol. The normalized spacial score (nSPS) is 14.8. The quantitative estimate of drug-likeness (QED) is 0.873. The first-order valence-corrected chi connectivity index (χ1v) is 6.08. The fourth-order valence-electron chi connectivity index (χ4n) is 2.33. The molecule has 1 N–H and O–H groups in total. The highest BCUT2D eigenvalue weighted by atomic mass is 19.4. The molecule has 2 aromatic carbocycles. The summed E-state index contributed by atoms with van der Waals surface area (Å²) in [7, 11) is 0. The molecule has 1 heterocycles. The Morgan fingerprint density at radius 3 is 2.57 bits per heavy atom. The third-order valence-electron chi connectivity index (χ3n) is 3.32. The van der Waals surface area contributed by atoms with Gasteiger partial charge in [0.1, 0.15) is 18.1 Å². The number of aliphatic hydroxyl groups excluding tert-OH is 1. The molecule has 0 unspecified atom stereocenters. The molecule has 0 atom stereocenters. The molecular weight excluding hydrogens is 285 g/mol. The molecule has 3 rings (SSSR count). The van der Waals surface area contributed by atoms with Gasteiger partial charge in [-0.25, -0.2) is 0 Å². The summed E-state index contributed by atoms with van der Waals surface area (Å²) in [5, 5.41) is 11.4. The molecular formula is C15H9F3O3. The van der Waals surface area contributed by atoms with Crippen molar-refractivity contribution in [3.05, 3.63) is 47.5 Å². The molecule has 6 heteroatoms. The number of carbonyl (C=O) groups is 1. The number of halogens is 3. The lowest BCUT2D eigenvalue weighted by molar-refractivity contribution is -0.167. The maximum atomic E-state index is 12.5. The molecule has 0 saturated carbocycles. The van der Waals surface area contributed by atoms with Crippen molar-refractivity contribution in [2.24, 2.45) is 0 Å². The minimum absolute atomic E-state index is 0.118. The van der Waals surface area contributed by atoms with Gasteiger partial charge in [-0.15, -0.1) is 0 Å². The fourth-order valence-corrected chi connectivity index (χ4v) is 2.33. The summed E-state index contributed by atoms with van der Waals surface area (Å²) in [6, 6.07) is 10.1. The van der Waals surface area contributed by atoms with Crippen LogP contribution in [0.4, 0.5) is 13.2 Å². The second-order valence-electron chi connectivity index (χ2n) is 4.60. The van der Waals surface area contributed by atoms with Crippen molar-refractivity contribution in [3.63, 3.8) is 0 Å². The summed E-state index contributed by atoms with van der Waals surface area (Å²) < 4.78 is 42.8. The Hall–Kier alpha value is -2.50. The van der Waals surface area contributed by atoms with E-state index in [4.69, 9.17) is 4.74 Å². The zero-order valence-corrected chi connectivity index (χ0v) is 10.6. The van der Waals surface area contributed by atoms with Gasteiger partial charge < -0.3 is 9.84 Å².